The van der Waals surface area contributed by atoms with Crippen LogP contribution in [0.25, 0.3) is 0 Å². The van der Waals surface area contributed by atoms with Crippen molar-refractivity contribution in [1.82, 2.24) is 10.6 Å². The Morgan fingerprint density at radius 1 is 1.33 bits per heavy atom. The lowest BCUT2D eigenvalue weighted by atomic mass is 10.1. The number of benzene rings is 1. The standard InChI is InChI=1S/C15H21N3O3/c1-11-4-2-3-5-13(11)18-7-6-12(10-18)8-16-15(21)17-9-14(19)20/h2-5,12H,6-10H2,1H3,(H,19,20)(H2,16,17,21). The van der Waals surface area contributed by atoms with Crippen molar-refractivity contribution in [2.75, 3.05) is 31.1 Å². The number of anilines is 1. The Balaban J connectivity index is 1.77. The largest absolute Gasteiger partial charge is 0.480 e. The first-order chi connectivity index (χ1) is 10.1. The zero-order chi connectivity index (χ0) is 15.2. The molecule has 1 atom stereocenters. The quantitative estimate of drug-likeness (QED) is 0.761. The first-order valence-corrected chi connectivity index (χ1v) is 7.10. The molecular formula is C15H21N3O3. The average Bonchev–Trinajstić information content (AvgIpc) is 2.92. The lowest BCUT2D eigenvalue weighted by Crippen LogP contribution is -2.40. The smallest absolute Gasteiger partial charge is 0.323 e. The number of rotatable bonds is 5. The number of carboxylic acids is 1. The monoisotopic (exact) mass is 291 g/mol. The molecule has 1 unspecified atom stereocenters. The van der Waals surface area contributed by atoms with E-state index in [9.17, 15) is 9.59 Å². The van der Waals surface area contributed by atoms with Crippen LogP contribution >= 0.6 is 0 Å². The number of carboxylic acid groups (broad SMARTS) is 1. The lowest BCUT2D eigenvalue weighted by molar-refractivity contribution is -0.135. The number of aryl methyl sites for hydroxylation is 1. The molecular weight excluding hydrogens is 270 g/mol. The number of para-hydroxylation sites is 1. The predicted molar refractivity (Wildman–Crippen MR) is 80.5 cm³/mol. The van der Waals surface area contributed by atoms with Crippen molar-refractivity contribution in [3.8, 4) is 0 Å². The maximum atomic E-state index is 11.4. The minimum atomic E-state index is -1.04. The zero-order valence-corrected chi connectivity index (χ0v) is 12.1. The van der Waals surface area contributed by atoms with Gasteiger partial charge < -0.3 is 20.6 Å². The van der Waals surface area contributed by atoms with E-state index in [1.807, 2.05) is 12.1 Å². The SMILES string of the molecule is Cc1ccccc1N1CCC(CNC(=O)NCC(=O)O)C1. The van der Waals surface area contributed by atoms with Gasteiger partial charge in [0, 0.05) is 25.3 Å². The number of amides is 2. The average molecular weight is 291 g/mol. The van der Waals surface area contributed by atoms with Crippen LogP contribution < -0.4 is 15.5 Å². The van der Waals surface area contributed by atoms with E-state index in [-0.39, 0.29) is 6.54 Å². The van der Waals surface area contributed by atoms with E-state index in [4.69, 9.17) is 5.11 Å². The predicted octanol–water partition coefficient (Wildman–Crippen LogP) is 1.21. The summed E-state index contributed by atoms with van der Waals surface area (Å²) >= 11 is 0. The summed E-state index contributed by atoms with van der Waals surface area (Å²) in [6, 6.07) is 7.85. The summed E-state index contributed by atoms with van der Waals surface area (Å²) in [4.78, 5) is 24.1. The van der Waals surface area contributed by atoms with Gasteiger partial charge in [0.25, 0.3) is 0 Å². The molecule has 0 bridgehead atoms. The molecule has 6 nitrogen and oxygen atoms in total. The van der Waals surface area contributed by atoms with Gasteiger partial charge in [-0.05, 0) is 30.9 Å². The second-order valence-corrected chi connectivity index (χ2v) is 5.34. The molecule has 1 aliphatic heterocycles. The van der Waals surface area contributed by atoms with Crippen LogP contribution in [0.5, 0.6) is 0 Å². The number of hydrogen-bond acceptors (Lipinski definition) is 3. The van der Waals surface area contributed by atoms with E-state index in [0.717, 1.165) is 19.5 Å². The number of aliphatic carboxylic acids is 1. The van der Waals surface area contributed by atoms with Gasteiger partial charge >= 0.3 is 12.0 Å². The number of carbonyl (C=O) groups is 2. The van der Waals surface area contributed by atoms with Crippen LogP contribution in [0, 0.1) is 12.8 Å². The van der Waals surface area contributed by atoms with Gasteiger partial charge in [-0.25, -0.2) is 4.79 Å². The number of nitrogens with one attached hydrogen (secondary N) is 2. The van der Waals surface area contributed by atoms with Gasteiger partial charge in [0.2, 0.25) is 0 Å². The molecule has 0 aliphatic carbocycles. The van der Waals surface area contributed by atoms with Gasteiger partial charge in [-0.15, -0.1) is 0 Å². The van der Waals surface area contributed by atoms with Gasteiger partial charge in [-0.3, -0.25) is 4.79 Å². The molecule has 2 amide bonds. The zero-order valence-electron chi connectivity index (χ0n) is 12.1. The number of urea groups is 1. The van der Waals surface area contributed by atoms with Crippen molar-refractivity contribution in [2.45, 2.75) is 13.3 Å². The van der Waals surface area contributed by atoms with Crippen molar-refractivity contribution >= 4 is 17.7 Å². The Morgan fingerprint density at radius 3 is 2.81 bits per heavy atom. The van der Waals surface area contributed by atoms with Crippen LogP contribution in [0.1, 0.15) is 12.0 Å². The van der Waals surface area contributed by atoms with E-state index >= 15 is 0 Å². The molecule has 6 heteroatoms. The highest BCUT2D eigenvalue weighted by atomic mass is 16.4. The molecule has 3 N–H and O–H groups in total. The van der Waals surface area contributed by atoms with Gasteiger partial charge in [0.1, 0.15) is 6.54 Å². The molecule has 21 heavy (non-hydrogen) atoms. The van der Waals surface area contributed by atoms with E-state index in [0.29, 0.717) is 12.5 Å². The van der Waals surface area contributed by atoms with Gasteiger partial charge in [0.05, 0.1) is 0 Å². The Hall–Kier alpha value is -2.24. The fourth-order valence-corrected chi connectivity index (χ4v) is 2.59. The highest BCUT2D eigenvalue weighted by Gasteiger charge is 2.23. The molecule has 1 heterocycles. The molecule has 114 valence electrons. The molecule has 1 saturated heterocycles. The van der Waals surface area contributed by atoms with Crippen molar-refractivity contribution in [3.05, 3.63) is 29.8 Å². The maximum absolute atomic E-state index is 11.4. The highest BCUT2D eigenvalue weighted by molar-refractivity contribution is 5.79. The second kappa shape index (κ2) is 6.97. The summed E-state index contributed by atoms with van der Waals surface area (Å²) in [5.74, 6) is -0.656. The normalized spacial score (nSPS) is 17.6. The molecule has 1 fully saturated rings. The van der Waals surface area contributed by atoms with E-state index in [1.54, 1.807) is 0 Å². The van der Waals surface area contributed by atoms with Crippen LogP contribution in [-0.4, -0.2) is 43.3 Å². The van der Waals surface area contributed by atoms with Gasteiger partial charge in [0.15, 0.2) is 0 Å². The lowest BCUT2D eigenvalue weighted by Gasteiger charge is -2.21. The van der Waals surface area contributed by atoms with Crippen molar-refractivity contribution in [2.24, 2.45) is 5.92 Å². The fourth-order valence-electron chi connectivity index (χ4n) is 2.59. The molecule has 1 aromatic carbocycles. The molecule has 0 spiro atoms. The molecule has 0 radical (unpaired) electrons. The van der Waals surface area contributed by atoms with Crippen molar-refractivity contribution in [1.29, 1.82) is 0 Å². The number of hydrogen-bond donors (Lipinski definition) is 3. The van der Waals surface area contributed by atoms with Crippen molar-refractivity contribution in [3.63, 3.8) is 0 Å². The molecule has 2 rings (SSSR count). The minimum Gasteiger partial charge on any atom is -0.480 e. The Bertz CT molecular complexity index is 519. The summed E-state index contributed by atoms with van der Waals surface area (Å²) in [7, 11) is 0. The summed E-state index contributed by atoms with van der Waals surface area (Å²) in [6.07, 6.45) is 1.02. The fraction of sp³-hybridized carbons (Fsp3) is 0.467. The summed E-state index contributed by atoms with van der Waals surface area (Å²) < 4.78 is 0. The highest BCUT2D eigenvalue weighted by Crippen LogP contribution is 2.26. The van der Waals surface area contributed by atoms with E-state index < -0.39 is 12.0 Å². The van der Waals surface area contributed by atoms with Gasteiger partial charge in [-0.1, -0.05) is 18.2 Å². The Labute approximate surface area is 124 Å². The maximum Gasteiger partial charge on any atom is 0.323 e. The number of carbonyl (C=O) groups excluding carboxylic acids is 1. The first kappa shape index (κ1) is 15.2. The number of nitrogens with zero attached hydrogens (tertiary/aromatic N) is 1. The Kier molecular flexibility index (Phi) is 5.03. The summed E-state index contributed by atoms with van der Waals surface area (Å²) in [6.45, 7) is 4.19. The van der Waals surface area contributed by atoms with Crippen LogP contribution in [0.15, 0.2) is 24.3 Å². The van der Waals surface area contributed by atoms with Crippen LogP contribution in [0.2, 0.25) is 0 Å². The van der Waals surface area contributed by atoms with Crippen LogP contribution in [0.3, 0.4) is 0 Å². The second-order valence-electron chi connectivity index (χ2n) is 5.34. The topological polar surface area (TPSA) is 81.7 Å². The molecule has 0 aromatic heterocycles. The van der Waals surface area contributed by atoms with E-state index in [1.165, 1.54) is 11.3 Å². The Morgan fingerprint density at radius 2 is 2.10 bits per heavy atom. The minimum absolute atomic E-state index is 0.355. The summed E-state index contributed by atoms with van der Waals surface area (Å²) in [5.41, 5.74) is 2.50. The van der Waals surface area contributed by atoms with Crippen LogP contribution in [-0.2, 0) is 4.79 Å². The molecule has 0 saturated carbocycles. The molecule has 1 aliphatic rings. The molecule has 1 aromatic rings. The third-order valence-electron chi connectivity index (χ3n) is 3.69. The third-order valence-corrected chi connectivity index (χ3v) is 3.69. The first-order valence-electron chi connectivity index (χ1n) is 7.10. The van der Waals surface area contributed by atoms with Crippen LogP contribution in [0.4, 0.5) is 10.5 Å². The third kappa shape index (κ3) is 4.37. The van der Waals surface area contributed by atoms with E-state index in [2.05, 4.69) is 34.6 Å². The summed E-state index contributed by atoms with van der Waals surface area (Å²) in [5, 5.41) is 13.5. The van der Waals surface area contributed by atoms with Crippen molar-refractivity contribution < 1.29 is 14.7 Å². The van der Waals surface area contributed by atoms with Gasteiger partial charge in [-0.2, -0.15) is 0 Å².